The zero-order chi connectivity index (χ0) is 7.23. The first-order valence-corrected chi connectivity index (χ1v) is 4.00. The van der Waals surface area contributed by atoms with E-state index < -0.39 is 0 Å². The van der Waals surface area contributed by atoms with Gasteiger partial charge >= 0.3 is 0 Å². The number of benzene rings is 1. The summed E-state index contributed by atoms with van der Waals surface area (Å²) >= 11 is 0. The fraction of sp³-hybridized carbons (Fsp3) is 0.125. The number of hydrogen-bond acceptors (Lipinski definition) is 1. The second-order valence-corrected chi connectivity index (χ2v) is 2.79. The van der Waals surface area contributed by atoms with Gasteiger partial charge in [0.2, 0.25) is 0 Å². The molecule has 0 aliphatic carbocycles. The quantitative estimate of drug-likeness (QED) is 0.585. The van der Waals surface area contributed by atoms with Gasteiger partial charge in [-0.15, -0.1) is 0 Å². The Morgan fingerprint density at radius 1 is 1.30 bits per heavy atom. The molecule has 0 saturated carbocycles. The van der Waals surface area contributed by atoms with Gasteiger partial charge in [0.25, 0.3) is 0 Å². The van der Waals surface area contributed by atoms with Gasteiger partial charge in [-0.25, -0.2) is 0 Å². The van der Waals surface area contributed by atoms with Gasteiger partial charge in [-0.05, 0) is 8.20 Å². The van der Waals surface area contributed by atoms with Crippen LogP contribution < -0.4 is 5.30 Å². The summed E-state index contributed by atoms with van der Waals surface area (Å²) in [5.74, 6) is 1.76. The van der Waals surface area contributed by atoms with Crippen molar-refractivity contribution in [2.24, 2.45) is 0 Å². The van der Waals surface area contributed by atoms with Gasteiger partial charge in [-0.3, -0.25) is 0 Å². The lowest BCUT2D eigenvalue weighted by atomic mass is 10.4. The molecule has 0 amide bonds. The molecule has 2 heteroatoms. The maximum absolute atomic E-state index is 4.81. The zero-order valence-electron chi connectivity index (χ0n) is 5.82. The summed E-state index contributed by atoms with van der Waals surface area (Å²) in [7, 11) is 2.78. The Hall–Kier alpha value is -0.650. The average molecular weight is 152 g/mol. The number of hydrogen-bond donors (Lipinski definition) is 0. The maximum atomic E-state index is 4.81. The highest BCUT2D eigenvalue weighted by atomic mass is 31.1. The predicted molar refractivity (Wildman–Crippen MR) is 46.1 cm³/mol. The zero-order valence-corrected chi connectivity index (χ0v) is 6.71. The third-order valence-electron chi connectivity index (χ3n) is 1.06. The summed E-state index contributed by atoms with van der Waals surface area (Å²) in [5, 5.41) is 1.25. The summed E-state index contributed by atoms with van der Waals surface area (Å²) in [5.41, 5.74) is 0. The number of methoxy groups -OCH3 is 1. The van der Waals surface area contributed by atoms with Gasteiger partial charge in [0.05, 0.1) is 5.98 Å². The van der Waals surface area contributed by atoms with Gasteiger partial charge in [-0.2, -0.15) is 0 Å². The van der Waals surface area contributed by atoms with Crippen LogP contribution in [0.2, 0.25) is 0 Å². The Labute approximate surface area is 62.4 Å². The van der Waals surface area contributed by atoms with Gasteiger partial charge in [0.15, 0.2) is 0 Å². The molecule has 0 saturated heterocycles. The van der Waals surface area contributed by atoms with E-state index in [1.54, 1.807) is 13.1 Å². The molecule has 1 aromatic rings. The standard InChI is InChI=1S/C8H9OP/c1-9-7-10-8-5-3-2-4-6-8/h2-7H,1H3. The molecule has 0 aromatic heterocycles. The number of rotatable bonds is 2. The molecule has 0 unspecified atom stereocenters. The van der Waals surface area contributed by atoms with Crippen LogP contribution in [0.5, 0.6) is 0 Å². The van der Waals surface area contributed by atoms with E-state index in [2.05, 4.69) is 12.1 Å². The second-order valence-electron chi connectivity index (χ2n) is 1.81. The smallest absolute Gasteiger partial charge is 0.0658 e. The fourth-order valence-corrected chi connectivity index (χ4v) is 1.20. The minimum Gasteiger partial charge on any atom is -0.352 e. The first-order valence-electron chi connectivity index (χ1n) is 3.04. The molecule has 0 N–H and O–H groups in total. The van der Waals surface area contributed by atoms with Crippen LogP contribution in [0.25, 0.3) is 0 Å². The molecule has 52 valence electrons. The lowest BCUT2D eigenvalue weighted by Crippen LogP contribution is -1.88. The van der Waals surface area contributed by atoms with E-state index >= 15 is 0 Å². The SMILES string of the molecule is COC=Pc1ccccc1. The van der Waals surface area contributed by atoms with Crippen molar-refractivity contribution >= 4 is 19.5 Å². The summed E-state index contributed by atoms with van der Waals surface area (Å²) in [6, 6.07) is 10.2. The van der Waals surface area contributed by atoms with Crippen LogP contribution in [-0.2, 0) is 4.74 Å². The van der Waals surface area contributed by atoms with Crippen molar-refractivity contribution in [1.29, 1.82) is 0 Å². The average Bonchev–Trinajstić information content (AvgIpc) is 2.03. The number of ether oxygens (including phenoxy) is 1. The molecule has 0 bridgehead atoms. The largest absolute Gasteiger partial charge is 0.352 e. The van der Waals surface area contributed by atoms with E-state index in [0.717, 1.165) is 8.20 Å². The highest BCUT2D eigenvalue weighted by Crippen LogP contribution is 1.95. The molecule has 1 nitrogen and oxygen atoms in total. The maximum Gasteiger partial charge on any atom is 0.0658 e. The van der Waals surface area contributed by atoms with E-state index in [1.165, 1.54) is 5.30 Å². The van der Waals surface area contributed by atoms with Crippen molar-refractivity contribution in [2.75, 3.05) is 7.11 Å². The van der Waals surface area contributed by atoms with Crippen LogP contribution >= 0.6 is 8.20 Å². The van der Waals surface area contributed by atoms with Crippen molar-refractivity contribution in [3.63, 3.8) is 0 Å². The topological polar surface area (TPSA) is 9.23 Å². The monoisotopic (exact) mass is 152 g/mol. The van der Waals surface area contributed by atoms with Crippen LogP contribution in [0.3, 0.4) is 0 Å². The summed E-state index contributed by atoms with van der Waals surface area (Å²) in [6.07, 6.45) is 0. The van der Waals surface area contributed by atoms with Crippen molar-refractivity contribution in [3.05, 3.63) is 30.3 Å². The first-order chi connectivity index (χ1) is 4.93. The highest BCUT2D eigenvalue weighted by molar-refractivity contribution is 7.46. The van der Waals surface area contributed by atoms with Crippen LogP contribution in [0.1, 0.15) is 0 Å². The van der Waals surface area contributed by atoms with Crippen LogP contribution in [0.15, 0.2) is 30.3 Å². The van der Waals surface area contributed by atoms with E-state index in [9.17, 15) is 0 Å². The Kier molecular flexibility index (Phi) is 3.14. The molecule has 0 spiro atoms. The van der Waals surface area contributed by atoms with Crippen molar-refractivity contribution in [3.8, 4) is 0 Å². The van der Waals surface area contributed by atoms with E-state index in [-0.39, 0.29) is 0 Å². The Balaban J connectivity index is 2.67. The predicted octanol–water partition coefficient (Wildman–Crippen LogP) is 1.66. The summed E-state index contributed by atoms with van der Waals surface area (Å²) in [6.45, 7) is 0. The molecule has 0 aliphatic rings. The van der Waals surface area contributed by atoms with Gasteiger partial charge < -0.3 is 4.74 Å². The minimum atomic E-state index is 1.12. The van der Waals surface area contributed by atoms with Crippen molar-refractivity contribution < 1.29 is 4.74 Å². The molecule has 0 fully saturated rings. The first kappa shape index (κ1) is 7.46. The van der Waals surface area contributed by atoms with E-state index in [4.69, 9.17) is 4.74 Å². The third-order valence-corrected chi connectivity index (χ3v) is 1.98. The molecule has 1 aromatic carbocycles. The Morgan fingerprint density at radius 2 is 2.00 bits per heavy atom. The molecule has 10 heavy (non-hydrogen) atoms. The molecule has 0 heterocycles. The van der Waals surface area contributed by atoms with Crippen molar-refractivity contribution in [2.45, 2.75) is 0 Å². The highest BCUT2D eigenvalue weighted by Gasteiger charge is 1.80. The Bertz CT molecular complexity index is 206. The van der Waals surface area contributed by atoms with Crippen molar-refractivity contribution in [1.82, 2.24) is 0 Å². The molecule has 1 rings (SSSR count). The second kappa shape index (κ2) is 4.21. The van der Waals surface area contributed by atoms with E-state index in [1.807, 2.05) is 18.2 Å². The lowest BCUT2D eigenvalue weighted by molar-refractivity contribution is 0.432. The lowest BCUT2D eigenvalue weighted by Gasteiger charge is -1.87. The molecule has 0 aliphatic heterocycles. The van der Waals surface area contributed by atoms with Gasteiger partial charge in [-0.1, -0.05) is 30.3 Å². The molecule has 0 radical (unpaired) electrons. The van der Waals surface area contributed by atoms with Gasteiger partial charge in [0.1, 0.15) is 0 Å². The van der Waals surface area contributed by atoms with E-state index in [0.29, 0.717) is 0 Å². The third kappa shape index (κ3) is 2.30. The fourth-order valence-electron chi connectivity index (χ4n) is 0.628. The van der Waals surface area contributed by atoms with Gasteiger partial charge in [0, 0.05) is 12.4 Å². The molecule has 0 atom stereocenters. The summed E-state index contributed by atoms with van der Waals surface area (Å²) < 4.78 is 4.81. The Morgan fingerprint density at radius 3 is 2.60 bits per heavy atom. The van der Waals surface area contributed by atoms with Crippen LogP contribution in [0.4, 0.5) is 0 Å². The summed E-state index contributed by atoms with van der Waals surface area (Å²) in [4.78, 5) is 0. The normalized spacial score (nSPS) is 10.5. The molecular weight excluding hydrogens is 143 g/mol. The van der Waals surface area contributed by atoms with Crippen LogP contribution in [-0.4, -0.2) is 13.1 Å². The van der Waals surface area contributed by atoms with Crippen LogP contribution in [0, 0.1) is 0 Å². The minimum absolute atomic E-state index is 1.12. The molecular formula is C8H9OP.